The van der Waals surface area contributed by atoms with Gasteiger partial charge >= 0.3 is 6.09 Å². The van der Waals surface area contributed by atoms with Gasteiger partial charge in [-0.2, -0.15) is 0 Å². The molecule has 1 aromatic rings. The number of hydrogen-bond acceptors (Lipinski definition) is 9. The summed E-state index contributed by atoms with van der Waals surface area (Å²) in [5.41, 5.74) is -1.11. The van der Waals surface area contributed by atoms with E-state index in [1.165, 1.54) is 11.0 Å². The molecule has 1 aromatic heterocycles. The number of nitrogens with one attached hydrogen (secondary N) is 1. The molecule has 2 rings (SSSR count). The predicted molar refractivity (Wildman–Crippen MR) is 86.7 cm³/mol. The van der Waals surface area contributed by atoms with Gasteiger partial charge in [-0.1, -0.05) is 0 Å². The van der Waals surface area contributed by atoms with Crippen LogP contribution in [0.1, 0.15) is 6.92 Å². The van der Waals surface area contributed by atoms with Crippen molar-refractivity contribution in [2.24, 2.45) is 0 Å². The highest BCUT2D eigenvalue weighted by Gasteiger charge is 2.24. The summed E-state index contributed by atoms with van der Waals surface area (Å²) in [6, 6.07) is 2.32. The molecule has 0 spiro atoms. The van der Waals surface area contributed by atoms with Crippen LogP contribution in [0.4, 0.5) is 20.8 Å². The second-order valence-corrected chi connectivity index (χ2v) is 5.45. The van der Waals surface area contributed by atoms with Gasteiger partial charge in [0.05, 0.1) is 18.5 Å². The number of piperazine rings is 1. The third-order valence-corrected chi connectivity index (χ3v) is 3.74. The summed E-state index contributed by atoms with van der Waals surface area (Å²) < 4.78 is 19.0. The molecule has 0 radical (unpaired) electrons. The Labute approximate surface area is 153 Å². The highest BCUT2D eigenvalue weighted by Crippen LogP contribution is 2.21. The molecule has 0 aromatic carbocycles. The second-order valence-electron chi connectivity index (χ2n) is 5.45. The lowest BCUT2D eigenvalue weighted by atomic mass is 10.3. The van der Waals surface area contributed by atoms with Gasteiger partial charge in [0.1, 0.15) is 5.82 Å². The van der Waals surface area contributed by atoms with Crippen molar-refractivity contribution in [1.29, 1.82) is 0 Å². The maximum absolute atomic E-state index is 14.1. The van der Waals surface area contributed by atoms with Crippen LogP contribution >= 0.6 is 0 Å². The monoisotopic (exact) mass is 380 g/mol. The SMILES string of the molecule is CCOC(=O)N1CCN(c2nc(NC=C(C(=O)[O-])C(=O)[O-])ccc2F)CC1. The van der Waals surface area contributed by atoms with E-state index in [-0.39, 0.29) is 18.2 Å². The molecule has 1 N–H and O–H groups in total. The lowest BCUT2D eigenvalue weighted by molar-refractivity contribution is -0.312. The molecule has 11 heteroatoms. The molecule has 0 aliphatic carbocycles. The number of halogens is 1. The molecular formula is C16H17FN4O6-2. The first-order chi connectivity index (χ1) is 12.8. The number of anilines is 2. The van der Waals surface area contributed by atoms with Gasteiger partial charge in [-0.3, -0.25) is 0 Å². The average molecular weight is 380 g/mol. The number of carboxylic acid groups (broad SMARTS) is 2. The zero-order valence-corrected chi connectivity index (χ0v) is 14.4. The Morgan fingerprint density at radius 1 is 1.22 bits per heavy atom. The lowest BCUT2D eigenvalue weighted by Crippen LogP contribution is -2.49. The molecular weight excluding hydrogens is 363 g/mol. The summed E-state index contributed by atoms with van der Waals surface area (Å²) in [4.78, 5) is 40.2. The molecule has 0 bridgehead atoms. The molecule has 1 aliphatic heterocycles. The van der Waals surface area contributed by atoms with E-state index in [9.17, 15) is 29.0 Å². The number of carbonyl (C=O) groups is 3. The molecule has 2 heterocycles. The van der Waals surface area contributed by atoms with Crippen LogP contribution < -0.4 is 20.4 Å². The van der Waals surface area contributed by atoms with E-state index < -0.39 is 29.4 Å². The van der Waals surface area contributed by atoms with Crippen LogP contribution in [0, 0.1) is 5.82 Å². The van der Waals surface area contributed by atoms with Crippen LogP contribution in [0.3, 0.4) is 0 Å². The number of amides is 1. The first-order valence-corrected chi connectivity index (χ1v) is 8.06. The minimum Gasteiger partial charge on any atom is -0.545 e. The van der Waals surface area contributed by atoms with Gasteiger partial charge in [0.25, 0.3) is 0 Å². The first kappa shape index (κ1) is 19.9. The summed E-state index contributed by atoms with van der Waals surface area (Å²) in [7, 11) is 0. The Bertz CT molecular complexity index is 745. The fourth-order valence-corrected chi connectivity index (χ4v) is 2.40. The number of rotatable bonds is 6. The normalized spacial score (nSPS) is 13.7. The van der Waals surface area contributed by atoms with Gasteiger partial charge < -0.3 is 39.7 Å². The number of carboxylic acids is 2. The summed E-state index contributed by atoms with van der Waals surface area (Å²) in [5, 5.41) is 23.7. The van der Waals surface area contributed by atoms with Crippen molar-refractivity contribution in [3.63, 3.8) is 0 Å². The van der Waals surface area contributed by atoms with Crippen molar-refractivity contribution in [1.82, 2.24) is 9.88 Å². The predicted octanol–water partition coefficient (Wildman–Crippen LogP) is -1.71. The van der Waals surface area contributed by atoms with E-state index in [1.54, 1.807) is 11.8 Å². The Balaban J connectivity index is 2.10. The summed E-state index contributed by atoms with van der Waals surface area (Å²) in [6.45, 7) is 3.22. The third kappa shape index (κ3) is 5.06. The molecule has 0 atom stereocenters. The van der Waals surface area contributed by atoms with Crippen LogP contribution in [0.25, 0.3) is 0 Å². The minimum absolute atomic E-state index is 0.0136. The molecule has 0 saturated carbocycles. The van der Waals surface area contributed by atoms with E-state index in [2.05, 4.69) is 10.3 Å². The topological polar surface area (TPSA) is 138 Å². The smallest absolute Gasteiger partial charge is 0.409 e. The maximum Gasteiger partial charge on any atom is 0.409 e. The molecule has 0 unspecified atom stereocenters. The van der Waals surface area contributed by atoms with Gasteiger partial charge in [-0.15, -0.1) is 0 Å². The summed E-state index contributed by atoms with van der Waals surface area (Å²) in [6.07, 6.45) is 0.205. The number of carbonyl (C=O) groups excluding carboxylic acids is 3. The molecule has 1 fully saturated rings. The molecule has 146 valence electrons. The summed E-state index contributed by atoms with van der Waals surface area (Å²) in [5.74, 6) is -4.46. The van der Waals surface area contributed by atoms with E-state index in [1.807, 2.05) is 0 Å². The molecule has 1 saturated heterocycles. The van der Waals surface area contributed by atoms with Crippen LogP contribution in [-0.2, 0) is 14.3 Å². The van der Waals surface area contributed by atoms with Gasteiger partial charge in [-0.25, -0.2) is 14.2 Å². The van der Waals surface area contributed by atoms with Crippen LogP contribution in [0.5, 0.6) is 0 Å². The largest absolute Gasteiger partial charge is 0.545 e. The van der Waals surface area contributed by atoms with E-state index in [0.717, 1.165) is 6.07 Å². The number of aromatic nitrogens is 1. The van der Waals surface area contributed by atoms with E-state index in [0.29, 0.717) is 32.4 Å². The van der Waals surface area contributed by atoms with Crippen LogP contribution in [-0.4, -0.2) is 60.7 Å². The molecule has 10 nitrogen and oxygen atoms in total. The van der Waals surface area contributed by atoms with E-state index in [4.69, 9.17) is 4.74 Å². The number of nitrogens with zero attached hydrogens (tertiary/aromatic N) is 3. The first-order valence-electron chi connectivity index (χ1n) is 8.06. The zero-order valence-electron chi connectivity index (χ0n) is 14.4. The Morgan fingerprint density at radius 2 is 1.85 bits per heavy atom. The van der Waals surface area contributed by atoms with Gasteiger partial charge in [0.2, 0.25) is 0 Å². The molecule has 1 amide bonds. The standard InChI is InChI=1S/C16H19FN4O6/c1-2-27-16(26)21-7-5-20(6-8-21)13-11(17)3-4-12(19-13)18-9-10(14(22)23)15(24)25/h3-4,9H,2,5-8H2,1H3,(H,18,19)(H,22,23)(H,24,25)/p-2. The second kappa shape index (κ2) is 8.83. The van der Waals surface area contributed by atoms with Crippen LogP contribution in [0.2, 0.25) is 0 Å². The van der Waals surface area contributed by atoms with Gasteiger partial charge in [0, 0.05) is 38.0 Å². The molecule has 27 heavy (non-hydrogen) atoms. The number of hydrogen-bond donors (Lipinski definition) is 1. The van der Waals surface area contributed by atoms with Gasteiger partial charge in [0.15, 0.2) is 11.6 Å². The maximum atomic E-state index is 14.1. The third-order valence-electron chi connectivity index (χ3n) is 3.74. The van der Waals surface area contributed by atoms with Crippen molar-refractivity contribution in [2.75, 3.05) is 43.0 Å². The Kier molecular flexibility index (Phi) is 6.52. The molecule has 1 aliphatic rings. The Hall–Kier alpha value is -3.37. The van der Waals surface area contributed by atoms with Crippen molar-refractivity contribution in [3.05, 3.63) is 29.7 Å². The van der Waals surface area contributed by atoms with Crippen molar-refractivity contribution in [2.45, 2.75) is 6.92 Å². The summed E-state index contributed by atoms with van der Waals surface area (Å²) >= 11 is 0. The van der Waals surface area contributed by atoms with Crippen molar-refractivity contribution >= 4 is 29.7 Å². The Morgan fingerprint density at radius 3 is 2.41 bits per heavy atom. The fourth-order valence-electron chi connectivity index (χ4n) is 2.40. The quantitative estimate of drug-likeness (QED) is 0.347. The van der Waals surface area contributed by atoms with Crippen molar-refractivity contribution in [3.8, 4) is 0 Å². The van der Waals surface area contributed by atoms with Gasteiger partial charge in [-0.05, 0) is 19.1 Å². The van der Waals surface area contributed by atoms with Crippen molar-refractivity contribution < 1.29 is 33.7 Å². The number of ether oxygens (including phenoxy) is 1. The average Bonchev–Trinajstić information content (AvgIpc) is 2.63. The fraction of sp³-hybridized carbons (Fsp3) is 0.375. The highest BCUT2D eigenvalue weighted by molar-refractivity contribution is 6.10. The zero-order chi connectivity index (χ0) is 20.0. The number of aliphatic carboxylic acids is 2. The highest BCUT2D eigenvalue weighted by atomic mass is 19.1. The van der Waals surface area contributed by atoms with E-state index >= 15 is 0 Å². The van der Waals surface area contributed by atoms with Crippen LogP contribution in [0.15, 0.2) is 23.9 Å². The minimum atomic E-state index is -1.93. The number of pyridine rings is 1. The lowest BCUT2D eigenvalue weighted by Gasteiger charge is -2.34.